The van der Waals surface area contributed by atoms with E-state index in [1.54, 1.807) is 11.3 Å². The van der Waals surface area contributed by atoms with Crippen molar-refractivity contribution < 1.29 is 0 Å². The molecule has 0 unspecified atom stereocenters. The maximum Gasteiger partial charge on any atom is 0.131 e. The van der Waals surface area contributed by atoms with Gasteiger partial charge in [-0.05, 0) is 33.0 Å². The van der Waals surface area contributed by atoms with Gasteiger partial charge in [0, 0.05) is 6.54 Å². The van der Waals surface area contributed by atoms with Crippen LogP contribution in [0.4, 0.5) is 0 Å². The summed E-state index contributed by atoms with van der Waals surface area (Å²) in [6.45, 7) is 4.26. The molecule has 2 rings (SSSR count). The van der Waals surface area contributed by atoms with Crippen molar-refractivity contribution >= 4 is 36.2 Å². The minimum atomic E-state index is 0. The molecule has 1 aliphatic heterocycles. The fourth-order valence-electron chi connectivity index (χ4n) is 1.71. The van der Waals surface area contributed by atoms with Crippen molar-refractivity contribution in [1.29, 1.82) is 0 Å². The van der Waals surface area contributed by atoms with E-state index < -0.39 is 0 Å². The number of aromatic nitrogens is 2. The van der Waals surface area contributed by atoms with Crippen LogP contribution in [-0.2, 0) is 13.1 Å². The molecule has 0 atom stereocenters. The molecular formula is C9H18Cl2N4S. The van der Waals surface area contributed by atoms with Gasteiger partial charge >= 0.3 is 0 Å². The lowest BCUT2D eigenvalue weighted by Gasteiger charge is -2.10. The van der Waals surface area contributed by atoms with Gasteiger partial charge in [0.2, 0.25) is 0 Å². The first-order valence-electron chi connectivity index (χ1n) is 5.06. The van der Waals surface area contributed by atoms with Gasteiger partial charge < -0.3 is 5.32 Å². The first-order chi connectivity index (χ1) is 6.88. The van der Waals surface area contributed by atoms with Gasteiger partial charge in [-0.3, -0.25) is 4.90 Å². The monoisotopic (exact) mass is 284 g/mol. The standard InChI is InChI=1S/C9H16N4S.2ClH/c1-10-6-8-11-12-9(14-8)7-13-4-2-3-5-13;;/h10H,2-7H2,1H3;2*1H. The fraction of sp³-hybridized carbons (Fsp3) is 0.778. The molecule has 1 aromatic rings. The number of rotatable bonds is 4. The minimum Gasteiger partial charge on any atom is -0.313 e. The minimum absolute atomic E-state index is 0. The third-order valence-corrected chi connectivity index (χ3v) is 3.30. The van der Waals surface area contributed by atoms with E-state index in [2.05, 4.69) is 20.4 Å². The summed E-state index contributed by atoms with van der Waals surface area (Å²) in [4.78, 5) is 2.45. The molecule has 0 radical (unpaired) electrons. The van der Waals surface area contributed by atoms with Crippen LogP contribution in [0.3, 0.4) is 0 Å². The van der Waals surface area contributed by atoms with E-state index in [4.69, 9.17) is 0 Å². The molecule has 0 aromatic carbocycles. The molecule has 0 spiro atoms. The molecule has 2 heterocycles. The van der Waals surface area contributed by atoms with Crippen LogP contribution < -0.4 is 5.32 Å². The van der Waals surface area contributed by atoms with Crippen molar-refractivity contribution in [3.63, 3.8) is 0 Å². The smallest absolute Gasteiger partial charge is 0.131 e. The van der Waals surface area contributed by atoms with Gasteiger partial charge in [0.15, 0.2) is 0 Å². The molecule has 1 aromatic heterocycles. The Balaban J connectivity index is 0.00000112. The lowest BCUT2D eigenvalue weighted by atomic mass is 10.4. The van der Waals surface area contributed by atoms with Gasteiger partial charge in [-0.25, -0.2) is 0 Å². The zero-order valence-electron chi connectivity index (χ0n) is 9.31. The van der Waals surface area contributed by atoms with E-state index in [9.17, 15) is 0 Å². The van der Waals surface area contributed by atoms with Crippen LogP contribution >= 0.6 is 36.2 Å². The summed E-state index contributed by atoms with van der Waals surface area (Å²) in [5, 5.41) is 13.6. The Morgan fingerprint density at radius 1 is 1.19 bits per heavy atom. The van der Waals surface area contributed by atoms with Crippen LogP contribution in [0, 0.1) is 0 Å². The van der Waals surface area contributed by atoms with E-state index in [1.807, 2.05) is 7.05 Å². The number of halogens is 2. The molecule has 0 bridgehead atoms. The predicted molar refractivity (Wildman–Crippen MR) is 71.7 cm³/mol. The van der Waals surface area contributed by atoms with Crippen LogP contribution in [0.2, 0.25) is 0 Å². The molecule has 1 saturated heterocycles. The Hall–Kier alpha value is 0.0600. The Kier molecular flexibility index (Phi) is 8.23. The van der Waals surface area contributed by atoms with Crippen LogP contribution in [0.25, 0.3) is 0 Å². The topological polar surface area (TPSA) is 41.1 Å². The van der Waals surface area contributed by atoms with Crippen LogP contribution in [-0.4, -0.2) is 35.2 Å². The second-order valence-corrected chi connectivity index (χ2v) is 4.75. The normalized spacial score (nSPS) is 15.6. The number of nitrogens with one attached hydrogen (secondary N) is 1. The second-order valence-electron chi connectivity index (χ2n) is 3.60. The fourth-order valence-corrected chi connectivity index (χ4v) is 2.61. The highest BCUT2D eigenvalue weighted by Gasteiger charge is 2.13. The van der Waals surface area contributed by atoms with E-state index in [1.165, 1.54) is 25.9 Å². The summed E-state index contributed by atoms with van der Waals surface area (Å²) in [7, 11) is 1.93. The summed E-state index contributed by atoms with van der Waals surface area (Å²) in [6.07, 6.45) is 2.67. The Morgan fingerprint density at radius 2 is 1.81 bits per heavy atom. The third-order valence-electron chi connectivity index (χ3n) is 2.39. The Labute approximate surface area is 113 Å². The van der Waals surface area contributed by atoms with E-state index in [0.29, 0.717) is 0 Å². The zero-order valence-corrected chi connectivity index (χ0v) is 11.8. The molecular weight excluding hydrogens is 267 g/mol. The molecule has 7 heteroatoms. The zero-order chi connectivity index (χ0) is 9.80. The highest BCUT2D eigenvalue weighted by molar-refractivity contribution is 7.11. The largest absolute Gasteiger partial charge is 0.313 e. The van der Waals surface area contributed by atoms with Gasteiger partial charge in [-0.1, -0.05) is 11.3 Å². The molecule has 0 amide bonds. The van der Waals surface area contributed by atoms with Gasteiger partial charge in [0.1, 0.15) is 10.0 Å². The first-order valence-corrected chi connectivity index (χ1v) is 5.88. The van der Waals surface area contributed by atoms with Gasteiger partial charge in [0.05, 0.1) is 6.54 Å². The quantitative estimate of drug-likeness (QED) is 0.914. The highest BCUT2D eigenvalue weighted by atomic mass is 35.5. The van der Waals surface area contributed by atoms with Crippen LogP contribution in [0.1, 0.15) is 22.9 Å². The van der Waals surface area contributed by atoms with Crippen LogP contribution in [0.5, 0.6) is 0 Å². The summed E-state index contributed by atoms with van der Waals surface area (Å²) < 4.78 is 0. The number of hydrogen-bond donors (Lipinski definition) is 1. The van der Waals surface area contributed by atoms with Crippen LogP contribution in [0.15, 0.2) is 0 Å². The number of nitrogens with zero attached hydrogens (tertiary/aromatic N) is 3. The third kappa shape index (κ3) is 4.51. The first kappa shape index (κ1) is 16.1. The lowest BCUT2D eigenvalue weighted by molar-refractivity contribution is 0.330. The van der Waals surface area contributed by atoms with E-state index in [-0.39, 0.29) is 24.8 Å². The van der Waals surface area contributed by atoms with Crippen molar-refractivity contribution in [2.45, 2.75) is 25.9 Å². The van der Waals surface area contributed by atoms with Crippen molar-refractivity contribution in [3.05, 3.63) is 10.0 Å². The average Bonchev–Trinajstić information content (AvgIpc) is 2.79. The van der Waals surface area contributed by atoms with Gasteiger partial charge in [-0.2, -0.15) is 0 Å². The lowest BCUT2D eigenvalue weighted by Crippen LogP contribution is -2.18. The summed E-state index contributed by atoms with van der Waals surface area (Å²) in [6, 6.07) is 0. The SMILES string of the molecule is CNCc1nnc(CN2CCCC2)s1.Cl.Cl. The molecule has 1 N–H and O–H groups in total. The summed E-state index contributed by atoms with van der Waals surface area (Å²) in [5.41, 5.74) is 0. The summed E-state index contributed by atoms with van der Waals surface area (Å²) >= 11 is 1.72. The average molecular weight is 285 g/mol. The Bertz CT molecular complexity index is 289. The molecule has 94 valence electrons. The molecule has 4 nitrogen and oxygen atoms in total. The van der Waals surface area contributed by atoms with E-state index >= 15 is 0 Å². The highest BCUT2D eigenvalue weighted by Crippen LogP contribution is 2.15. The molecule has 1 aliphatic rings. The van der Waals surface area contributed by atoms with Gasteiger partial charge in [0.25, 0.3) is 0 Å². The van der Waals surface area contributed by atoms with Crippen molar-refractivity contribution in [1.82, 2.24) is 20.4 Å². The molecule has 0 saturated carbocycles. The van der Waals surface area contributed by atoms with Crippen molar-refractivity contribution in [3.8, 4) is 0 Å². The van der Waals surface area contributed by atoms with E-state index in [0.717, 1.165) is 23.1 Å². The van der Waals surface area contributed by atoms with Gasteiger partial charge in [-0.15, -0.1) is 35.0 Å². The Morgan fingerprint density at radius 3 is 2.44 bits per heavy atom. The van der Waals surface area contributed by atoms with Crippen molar-refractivity contribution in [2.75, 3.05) is 20.1 Å². The number of likely N-dealkylation sites (tertiary alicyclic amines) is 1. The maximum absolute atomic E-state index is 4.19. The maximum atomic E-state index is 4.19. The number of hydrogen-bond acceptors (Lipinski definition) is 5. The molecule has 0 aliphatic carbocycles. The van der Waals surface area contributed by atoms with Crippen molar-refractivity contribution in [2.24, 2.45) is 0 Å². The molecule has 1 fully saturated rings. The predicted octanol–water partition coefficient (Wildman–Crippen LogP) is 1.70. The summed E-state index contributed by atoms with van der Waals surface area (Å²) in [5.74, 6) is 0. The molecule has 16 heavy (non-hydrogen) atoms. The second kappa shape index (κ2) is 8.20.